The summed E-state index contributed by atoms with van der Waals surface area (Å²) in [6.45, 7) is 3.94. The van der Waals surface area contributed by atoms with Gasteiger partial charge in [-0.15, -0.1) is 0 Å². The fraction of sp³-hybridized carbons (Fsp3) is 0.280. The van der Waals surface area contributed by atoms with Gasteiger partial charge in [0.2, 0.25) is 10.0 Å². The molecule has 5 nitrogen and oxygen atoms in total. The minimum atomic E-state index is -3.60. The van der Waals surface area contributed by atoms with Gasteiger partial charge in [0, 0.05) is 18.7 Å². The fourth-order valence-electron chi connectivity index (χ4n) is 3.63. The van der Waals surface area contributed by atoms with E-state index in [4.69, 9.17) is 9.47 Å². The van der Waals surface area contributed by atoms with Crippen LogP contribution in [0, 0.1) is 0 Å². The molecule has 0 saturated heterocycles. The van der Waals surface area contributed by atoms with E-state index in [2.05, 4.69) is 0 Å². The lowest BCUT2D eigenvalue weighted by Gasteiger charge is -2.20. The first kappa shape index (κ1) is 21.6. The van der Waals surface area contributed by atoms with Crippen LogP contribution < -0.4 is 4.74 Å². The number of benzene rings is 3. The third-order valence-corrected chi connectivity index (χ3v) is 7.28. The minimum absolute atomic E-state index is 0.278. The highest BCUT2D eigenvalue weighted by Crippen LogP contribution is 2.28. The van der Waals surface area contributed by atoms with Gasteiger partial charge in [-0.1, -0.05) is 55.5 Å². The number of nitrogens with zero attached hydrogens (tertiary/aromatic N) is 1. The molecule has 0 atom stereocenters. The standard InChI is InChI=1S/C25H27NO4S/c1-2-20-8-11-24(12-9-20)31(27,28)26-14-15-30-25-13-10-22(16-23(25)17-26)19-29-18-21-6-4-3-5-7-21/h3-13,16H,2,14-15,17-19H2,1H3. The minimum Gasteiger partial charge on any atom is -0.492 e. The zero-order chi connectivity index (χ0) is 21.7. The second-order valence-electron chi connectivity index (χ2n) is 7.61. The Balaban J connectivity index is 1.48. The Bertz CT molecular complexity index is 1110. The van der Waals surface area contributed by atoms with Gasteiger partial charge in [-0.05, 0) is 47.4 Å². The lowest BCUT2D eigenvalue weighted by Crippen LogP contribution is -2.32. The van der Waals surface area contributed by atoms with Crippen molar-refractivity contribution in [3.63, 3.8) is 0 Å². The normalized spacial score (nSPS) is 14.5. The first-order valence-corrected chi connectivity index (χ1v) is 12.0. The van der Waals surface area contributed by atoms with E-state index in [0.29, 0.717) is 31.3 Å². The van der Waals surface area contributed by atoms with Crippen molar-refractivity contribution < 1.29 is 17.9 Å². The molecule has 0 aromatic heterocycles. The van der Waals surface area contributed by atoms with Crippen LogP contribution in [0.15, 0.2) is 77.7 Å². The second-order valence-corrected chi connectivity index (χ2v) is 9.54. The van der Waals surface area contributed by atoms with Crippen LogP contribution in [0.2, 0.25) is 0 Å². The summed E-state index contributed by atoms with van der Waals surface area (Å²) in [4.78, 5) is 0.315. The van der Waals surface area contributed by atoms with E-state index in [1.807, 2.05) is 67.6 Å². The summed E-state index contributed by atoms with van der Waals surface area (Å²) in [5.41, 5.74) is 4.08. The summed E-state index contributed by atoms with van der Waals surface area (Å²) >= 11 is 0. The Morgan fingerprint density at radius 3 is 2.35 bits per heavy atom. The van der Waals surface area contributed by atoms with E-state index in [-0.39, 0.29) is 6.54 Å². The molecule has 162 valence electrons. The van der Waals surface area contributed by atoms with Crippen molar-refractivity contribution in [2.75, 3.05) is 13.2 Å². The molecule has 3 aromatic rings. The summed E-state index contributed by atoms with van der Waals surface area (Å²) in [5.74, 6) is 0.728. The zero-order valence-corrected chi connectivity index (χ0v) is 18.5. The molecule has 31 heavy (non-hydrogen) atoms. The Labute approximate surface area is 184 Å². The van der Waals surface area contributed by atoms with E-state index < -0.39 is 10.0 Å². The molecule has 0 fully saturated rings. The number of hydrogen-bond donors (Lipinski definition) is 0. The molecule has 3 aromatic carbocycles. The van der Waals surface area contributed by atoms with Gasteiger partial charge in [0.15, 0.2) is 0 Å². The van der Waals surface area contributed by atoms with E-state index in [1.165, 1.54) is 4.31 Å². The first-order valence-electron chi connectivity index (χ1n) is 10.5. The van der Waals surface area contributed by atoms with Gasteiger partial charge in [0.05, 0.1) is 18.1 Å². The summed E-state index contributed by atoms with van der Waals surface area (Å²) in [7, 11) is -3.60. The van der Waals surface area contributed by atoms with E-state index >= 15 is 0 Å². The molecule has 1 aliphatic heterocycles. The van der Waals surface area contributed by atoms with Crippen molar-refractivity contribution in [3.05, 3.63) is 95.1 Å². The molecule has 1 aliphatic rings. The lowest BCUT2D eigenvalue weighted by molar-refractivity contribution is 0.107. The van der Waals surface area contributed by atoms with Crippen LogP contribution in [-0.4, -0.2) is 25.9 Å². The smallest absolute Gasteiger partial charge is 0.243 e. The monoisotopic (exact) mass is 437 g/mol. The maximum atomic E-state index is 13.2. The highest BCUT2D eigenvalue weighted by molar-refractivity contribution is 7.89. The van der Waals surface area contributed by atoms with E-state index in [0.717, 1.165) is 34.4 Å². The van der Waals surface area contributed by atoms with E-state index in [1.54, 1.807) is 12.1 Å². The van der Waals surface area contributed by atoms with Gasteiger partial charge in [-0.25, -0.2) is 8.42 Å². The van der Waals surface area contributed by atoms with Crippen LogP contribution in [0.5, 0.6) is 5.75 Å². The summed E-state index contributed by atoms with van der Waals surface area (Å²) < 4.78 is 39.6. The first-order chi connectivity index (χ1) is 15.1. The highest BCUT2D eigenvalue weighted by Gasteiger charge is 2.27. The molecule has 0 N–H and O–H groups in total. The average Bonchev–Trinajstić information content (AvgIpc) is 3.02. The molecule has 0 amide bonds. The van der Waals surface area contributed by atoms with Crippen molar-refractivity contribution in [1.29, 1.82) is 0 Å². The Morgan fingerprint density at radius 2 is 1.61 bits per heavy atom. The molecule has 0 saturated carbocycles. The predicted octanol–water partition coefficient (Wildman–Crippen LogP) is 4.55. The summed E-state index contributed by atoms with van der Waals surface area (Å²) in [6.07, 6.45) is 0.875. The third-order valence-electron chi connectivity index (χ3n) is 5.42. The number of fused-ring (bicyclic) bond motifs is 1. The maximum absolute atomic E-state index is 13.2. The van der Waals surface area contributed by atoms with Gasteiger partial charge < -0.3 is 9.47 Å². The van der Waals surface area contributed by atoms with Crippen LogP contribution in [0.3, 0.4) is 0 Å². The molecule has 1 heterocycles. The molecule has 0 spiro atoms. The number of aryl methyl sites for hydroxylation is 1. The molecule has 4 rings (SSSR count). The number of hydrogen-bond acceptors (Lipinski definition) is 4. The van der Waals surface area contributed by atoms with Gasteiger partial charge >= 0.3 is 0 Å². The third kappa shape index (κ3) is 5.15. The van der Waals surface area contributed by atoms with Crippen molar-refractivity contribution >= 4 is 10.0 Å². The zero-order valence-electron chi connectivity index (χ0n) is 17.7. The molecule has 0 aliphatic carbocycles. The molecule has 0 unspecified atom stereocenters. The average molecular weight is 438 g/mol. The molecular weight excluding hydrogens is 410 g/mol. The molecular formula is C25H27NO4S. The number of ether oxygens (including phenoxy) is 2. The van der Waals surface area contributed by atoms with Gasteiger partial charge in [0.1, 0.15) is 12.4 Å². The Kier molecular flexibility index (Phi) is 6.70. The SMILES string of the molecule is CCc1ccc(S(=O)(=O)N2CCOc3ccc(COCc4ccccc4)cc3C2)cc1. The number of rotatable bonds is 7. The predicted molar refractivity (Wildman–Crippen MR) is 120 cm³/mol. The Morgan fingerprint density at radius 1 is 0.903 bits per heavy atom. The van der Waals surface area contributed by atoms with Gasteiger partial charge in [0.25, 0.3) is 0 Å². The van der Waals surface area contributed by atoms with Crippen LogP contribution in [0.25, 0.3) is 0 Å². The maximum Gasteiger partial charge on any atom is 0.243 e. The van der Waals surface area contributed by atoms with Crippen LogP contribution >= 0.6 is 0 Å². The van der Waals surface area contributed by atoms with Crippen molar-refractivity contribution in [2.24, 2.45) is 0 Å². The fourth-order valence-corrected chi connectivity index (χ4v) is 5.03. The quantitative estimate of drug-likeness (QED) is 0.544. The molecule has 6 heteroatoms. The van der Waals surface area contributed by atoms with Crippen molar-refractivity contribution in [1.82, 2.24) is 4.31 Å². The largest absolute Gasteiger partial charge is 0.492 e. The summed E-state index contributed by atoms with van der Waals surface area (Å²) in [5, 5.41) is 0. The topological polar surface area (TPSA) is 55.8 Å². The van der Waals surface area contributed by atoms with Crippen molar-refractivity contribution in [2.45, 2.75) is 38.0 Å². The molecule has 0 radical (unpaired) electrons. The van der Waals surface area contributed by atoms with Gasteiger partial charge in [-0.2, -0.15) is 4.31 Å². The molecule has 0 bridgehead atoms. The second kappa shape index (κ2) is 9.64. The van der Waals surface area contributed by atoms with E-state index in [9.17, 15) is 8.42 Å². The van der Waals surface area contributed by atoms with Crippen LogP contribution in [0.4, 0.5) is 0 Å². The van der Waals surface area contributed by atoms with Crippen molar-refractivity contribution in [3.8, 4) is 5.75 Å². The number of sulfonamides is 1. The van der Waals surface area contributed by atoms with Crippen LogP contribution in [0.1, 0.15) is 29.2 Å². The van der Waals surface area contributed by atoms with Gasteiger partial charge in [-0.3, -0.25) is 0 Å². The van der Waals surface area contributed by atoms with Crippen LogP contribution in [-0.2, 0) is 40.9 Å². The summed E-state index contributed by atoms with van der Waals surface area (Å²) in [6, 6.07) is 23.0. The highest BCUT2D eigenvalue weighted by atomic mass is 32.2. The lowest BCUT2D eigenvalue weighted by atomic mass is 10.1. The Hall–Kier alpha value is -2.67.